The summed E-state index contributed by atoms with van der Waals surface area (Å²) < 4.78 is 6.18. The third kappa shape index (κ3) is 3.68. The largest absolute Gasteiger partial charge is 0.436 e. The van der Waals surface area contributed by atoms with Crippen LogP contribution in [0.4, 0.5) is 0 Å². The van der Waals surface area contributed by atoms with Crippen molar-refractivity contribution in [3.8, 4) is 22.6 Å². The summed E-state index contributed by atoms with van der Waals surface area (Å²) in [4.78, 5) is 10.1. The number of hydrogen-bond acceptors (Lipinski definition) is 3. The van der Waals surface area contributed by atoms with Gasteiger partial charge in [-0.25, -0.2) is 9.97 Å². The fourth-order valence-corrected chi connectivity index (χ4v) is 4.31. The summed E-state index contributed by atoms with van der Waals surface area (Å²) in [6.07, 6.45) is 0.683. The molecule has 158 valence electrons. The van der Waals surface area contributed by atoms with Gasteiger partial charge in [0.2, 0.25) is 5.71 Å². The Hall–Kier alpha value is -4.24. The molecule has 0 fully saturated rings. The van der Waals surface area contributed by atoms with E-state index < -0.39 is 0 Å². The zero-order valence-electron chi connectivity index (χ0n) is 18.3. The zero-order chi connectivity index (χ0) is 22.2. The summed E-state index contributed by atoms with van der Waals surface area (Å²) in [5.41, 5.74) is 7.68. The van der Waals surface area contributed by atoms with Gasteiger partial charge < -0.3 is 4.42 Å². The van der Waals surface area contributed by atoms with Crippen LogP contribution in [-0.2, 0) is 6.42 Å². The average molecular weight is 427 g/mol. The molecule has 6 aromatic rings. The van der Waals surface area contributed by atoms with Gasteiger partial charge >= 0.3 is 0 Å². The molecule has 4 aromatic carbocycles. The highest BCUT2D eigenvalue weighted by Crippen LogP contribution is 2.33. The monoisotopic (exact) mass is 426 g/mol. The van der Waals surface area contributed by atoms with Gasteiger partial charge in [-0.05, 0) is 23.3 Å². The van der Waals surface area contributed by atoms with Gasteiger partial charge in [0.25, 0.3) is 0 Å². The molecule has 33 heavy (non-hydrogen) atoms. The fraction of sp³-hybridized carbons (Fsp3) is 0.0667. The molecule has 0 aliphatic carbocycles. The summed E-state index contributed by atoms with van der Waals surface area (Å²) in [5.74, 6) is 0.783. The number of aryl methyl sites for hydroxylation is 1. The molecule has 0 atom stereocenters. The highest BCUT2D eigenvalue weighted by Gasteiger charge is 2.17. The third-order valence-corrected chi connectivity index (χ3v) is 6.03. The minimum Gasteiger partial charge on any atom is -0.436 e. The molecular formula is C30H22N2O. The molecule has 0 aliphatic heterocycles. The number of hydrogen-bond donors (Lipinski definition) is 0. The molecule has 0 N–H and O–H groups in total. The maximum atomic E-state index is 6.18. The van der Waals surface area contributed by atoms with E-state index in [1.54, 1.807) is 0 Å². The van der Waals surface area contributed by atoms with Crippen molar-refractivity contribution in [2.75, 3.05) is 0 Å². The number of benzene rings is 4. The van der Waals surface area contributed by atoms with Crippen molar-refractivity contribution in [3.05, 3.63) is 120 Å². The summed E-state index contributed by atoms with van der Waals surface area (Å²) in [6, 6.07) is 35.5. The van der Waals surface area contributed by atoms with E-state index in [2.05, 4.69) is 97.9 Å². The van der Waals surface area contributed by atoms with Crippen molar-refractivity contribution < 1.29 is 4.42 Å². The second-order valence-electron chi connectivity index (χ2n) is 8.38. The van der Waals surface area contributed by atoms with Gasteiger partial charge in [-0.15, -0.1) is 0 Å². The first-order valence-electron chi connectivity index (χ1n) is 11.1. The van der Waals surface area contributed by atoms with E-state index in [4.69, 9.17) is 14.4 Å². The van der Waals surface area contributed by atoms with Crippen molar-refractivity contribution in [3.63, 3.8) is 0 Å². The maximum absolute atomic E-state index is 6.18. The molecule has 6 rings (SSSR count). The highest BCUT2D eigenvalue weighted by atomic mass is 16.3. The van der Waals surface area contributed by atoms with Crippen LogP contribution in [0, 0.1) is 6.92 Å². The summed E-state index contributed by atoms with van der Waals surface area (Å²) in [5, 5.41) is 2.36. The topological polar surface area (TPSA) is 38.9 Å². The standard InChI is InChI=1S/C30H22N2O/c1-20-14-16-23(17-15-20)28-19-27-30(33-28)32-26(18-21-8-3-2-4-9-21)29(31-27)25-13-7-11-22-10-5-6-12-24(22)25/h2-17,19H,18H2,1H3. The number of nitrogens with zero attached hydrogens (tertiary/aromatic N) is 2. The summed E-state index contributed by atoms with van der Waals surface area (Å²) in [7, 11) is 0. The van der Waals surface area contributed by atoms with Gasteiger partial charge in [0.1, 0.15) is 11.3 Å². The van der Waals surface area contributed by atoms with E-state index in [0.29, 0.717) is 12.1 Å². The number of rotatable bonds is 4. The Kier molecular flexibility index (Phi) is 4.73. The lowest BCUT2D eigenvalue weighted by molar-refractivity contribution is 0.616. The third-order valence-electron chi connectivity index (χ3n) is 6.03. The molecule has 2 heterocycles. The van der Waals surface area contributed by atoms with Crippen LogP contribution >= 0.6 is 0 Å². The Morgan fingerprint density at radius 2 is 1.48 bits per heavy atom. The second-order valence-corrected chi connectivity index (χ2v) is 8.38. The van der Waals surface area contributed by atoms with Gasteiger partial charge in [-0.2, -0.15) is 0 Å². The van der Waals surface area contributed by atoms with Gasteiger partial charge in [-0.3, -0.25) is 0 Å². The predicted molar refractivity (Wildman–Crippen MR) is 134 cm³/mol. The Balaban J connectivity index is 1.56. The predicted octanol–water partition coefficient (Wildman–Crippen LogP) is 7.61. The van der Waals surface area contributed by atoms with E-state index in [1.807, 2.05) is 12.1 Å². The molecule has 3 nitrogen and oxygen atoms in total. The van der Waals surface area contributed by atoms with Crippen molar-refractivity contribution in [1.29, 1.82) is 0 Å². The van der Waals surface area contributed by atoms with E-state index >= 15 is 0 Å². The van der Waals surface area contributed by atoms with E-state index in [0.717, 1.165) is 33.8 Å². The molecule has 0 saturated carbocycles. The van der Waals surface area contributed by atoms with Gasteiger partial charge in [0, 0.05) is 23.6 Å². The minimum absolute atomic E-state index is 0.570. The van der Waals surface area contributed by atoms with Crippen LogP contribution in [-0.4, -0.2) is 9.97 Å². The molecule has 0 amide bonds. The molecule has 3 heteroatoms. The van der Waals surface area contributed by atoms with E-state index in [1.165, 1.54) is 21.9 Å². The zero-order valence-corrected chi connectivity index (χ0v) is 18.3. The van der Waals surface area contributed by atoms with Crippen LogP contribution in [0.25, 0.3) is 44.6 Å². The van der Waals surface area contributed by atoms with Crippen LogP contribution in [0.1, 0.15) is 16.8 Å². The van der Waals surface area contributed by atoms with Crippen molar-refractivity contribution in [2.24, 2.45) is 0 Å². The number of fused-ring (bicyclic) bond motifs is 2. The second kappa shape index (κ2) is 8.03. The van der Waals surface area contributed by atoms with Crippen molar-refractivity contribution in [2.45, 2.75) is 13.3 Å². The lowest BCUT2D eigenvalue weighted by Gasteiger charge is -2.11. The lowest BCUT2D eigenvalue weighted by atomic mass is 9.98. The molecule has 0 spiro atoms. The molecule has 0 radical (unpaired) electrons. The number of aromatic nitrogens is 2. The first-order chi connectivity index (χ1) is 16.2. The van der Waals surface area contributed by atoms with Crippen molar-refractivity contribution >= 4 is 22.0 Å². The fourth-order valence-electron chi connectivity index (χ4n) is 4.31. The van der Waals surface area contributed by atoms with Gasteiger partial charge in [0.05, 0.1) is 11.4 Å². The maximum Gasteiger partial charge on any atom is 0.245 e. The van der Waals surface area contributed by atoms with Gasteiger partial charge in [0.15, 0.2) is 0 Å². The molecule has 0 unspecified atom stereocenters. The number of furan rings is 1. The van der Waals surface area contributed by atoms with Crippen LogP contribution in [0.15, 0.2) is 108 Å². The van der Waals surface area contributed by atoms with Crippen molar-refractivity contribution in [1.82, 2.24) is 9.97 Å². The normalized spacial score (nSPS) is 11.3. The molecule has 0 bridgehead atoms. The van der Waals surface area contributed by atoms with E-state index in [-0.39, 0.29) is 0 Å². The smallest absolute Gasteiger partial charge is 0.245 e. The Bertz CT molecular complexity index is 1580. The summed E-state index contributed by atoms with van der Waals surface area (Å²) >= 11 is 0. The first kappa shape index (κ1) is 19.4. The molecule has 0 aliphatic rings. The highest BCUT2D eigenvalue weighted by molar-refractivity contribution is 5.97. The van der Waals surface area contributed by atoms with Gasteiger partial charge in [-0.1, -0.05) is 103 Å². The lowest BCUT2D eigenvalue weighted by Crippen LogP contribution is -2.00. The molecular weight excluding hydrogens is 404 g/mol. The van der Waals surface area contributed by atoms with E-state index in [9.17, 15) is 0 Å². The first-order valence-corrected chi connectivity index (χ1v) is 11.1. The SMILES string of the molecule is Cc1ccc(-c2cc3nc(-c4cccc5ccccc45)c(Cc4ccccc4)nc3o2)cc1. The Morgan fingerprint density at radius 3 is 2.33 bits per heavy atom. The Labute approximate surface area is 192 Å². The Morgan fingerprint density at radius 1 is 0.727 bits per heavy atom. The quantitative estimate of drug-likeness (QED) is 0.291. The minimum atomic E-state index is 0.570. The molecule has 0 saturated heterocycles. The van der Waals surface area contributed by atoms with Crippen LogP contribution in [0.2, 0.25) is 0 Å². The van der Waals surface area contributed by atoms with Crippen LogP contribution in [0.3, 0.4) is 0 Å². The average Bonchev–Trinajstić information content (AvgIpc) is 3.27. The van der Waals surface area contributed by atoms with Crippen LogP contribution in [0.5, 0.6) is 0 Å². The summed E-state index contributed by atoms with van der Waals surface area (Å²) in [6.45, 7) is 2.08. The van der Waals surface area contributed by atoms with Crippen LogP contribution < -0.4 is 0 Å². The molecule has 2 aromatic heterocycles.